The Morgan fingerprint density at radius 2 is 2.40 bits per heavy atom. The zero-order chi connectivity index (χ0) is 14.2. The largest absolute Gasteiger partial charge is 0.395 e. The summed E-state index contributed by atoms with van der Waals surface area (Å²) in [6.45, 7) is 4.42. The number of nitrogens with one attached hydrogen (secondary N) is 1. The molecule has 1 atom stereocenters. The lowest BCUT2D eigenvalue weighted by molar-refractivity contribution is 0.157. The monoisotopic (exact) mass is 293 g/mol. The van der Waals surface area contributed by atoms with E-state index in [0.29, 0.717) is 12.6 Å². The predicted molar refractivity (Wildman–Crippen MR) is 81.7 cm³/mol. The first-order valence-electron chi connectivity index (χ1n) is 7.36. The van der Waals surface area contributed by atoms with Gasteiger partial charge in [0.05, 0.1) is 12.2 Å². The lowest BCUT2D eigenvalue weighted by Crippen LogP contribution is -2.33. The predicted octanol–water partition coefficient (Wildman–Crippen LogP) is 1.95. The van der Waals surface area contributed by atoms with Crippen molar-refractivity contribution in [2.75, 3.05) is 26.2 Å². The van der Waals surface area contributed by atoms with Gasteiger partial charge in [0.1, 0.15) is 6.07 Å². The van der Waals surface area contributed by atoms with Crippen LogP contribution < -0.4 is 5.32 Å². The number of nitrogens with zero attached hydrogens (tertiary/aromatic N) is 2. The van der Waals surface area contributed by atoms with E-state index in [1.165, 1.54) is 17.7 Å². The highest BCUT2D eigenvalue weighted by Crippen LogP contribution is 2.17. The van der Waals surface area contributed by atoms with Crippen LogP contribution in [0.25, 0.3) is 0 Å². The van der Waals surface area contributed by atoms with Gasteiger partial charge in [-0.1, -0.05) is 0 Å². The van der Waals surface area contributed by atoms with Gasteiger partial charge in [0.2, 0.25) is 0 Å². The summed E-state index contributed by atoms with van der Waals surface area (Å²) in [6.07, 6.45) is 4.71. The summed E-state index contributed by atoms with van der Waals surface area (Å²) in [5.74, 6) is 0. The van der Waals surface area contributed by atoms with E-state index >= 15 is 0 Å². The standard InChI is InChI=1S/C15H23N3OS/c16-9-13-8-15(20-12-13)10-17-5-1-2-6-18-7-3-4-14(18)11-19/h8,12,14,17,19H,1-7,10-11H2. The molecule has 4 nitrogen and oxygen atoms in total. The van der Waals surface area contributed by atoms with Gasteiger partial charge in [-0.3, -0.25) is 4.90 Å². The Balaban J connectivity index is 1.52. The topological polar surface area (TPSA) is 59.3 Å². The van der Waals surface area contributed by atoms with E-state index in [0.717, 1.165) is 44.6 Å². The molecule has 1 unspecified atom stereocenters. The summed E-state index contributed by atoms with van der Waals surface area (Å²) >= 11 is 1.64. The molecule has 2 N–H and O–H groups in total. The Bertz CT molecular complexity index is 441. The number of hydrogen-bond donors (Lipinski definition) is 2. The van der Waals surface area contributed by atoms with Gasteiger partial charge < -0.3 is 10.4 Å². The molecule has 0 spiro atoms. The first kappa shape index (κ1) is 15.5. The van der Waals surface area contributed by atoms with E-state index in [2.05, 4.69) is 16.3 Å². The fourth-order valence-corrected chi connectivity index (χ4v) is 3.48. The highest BCUT2D eigenvalue weighted by molar-refractivity contribution is 7.10. The van der Waals surface area contributed by atoms with Crippen molar-refractivity contribution in [1.82, 2.24) is 10.2 Å². The Morgan fingerprint density at radius 1 is 1.50 bits per heavy atom. The molecular formula is C15H23N3OS. The van der Waals surface area contributed by atoms with Gasteiger partial charge >= 0.3 is 0 Å². The Hall–Kier alpha value is -0.930. The van der Waals surface area contributed by atoms with Crippen LogP contribution >= 0.6 is 11.3 Å². The highest BCUT2D eigenvalue weighted by Gasteiger charge is 2.22. The molecule has 2 rings (SSSR count). The van der Waals surface area contributed by atoms with Crippen LogP contribution in [-0.4, -0.2) is 42.3 Å². The Kier molecular flexibility index (Phi) is 6.48. The molecule has 2 heterocycles. The summed E-state index contributed by atoms with van der Waals surface area (Å²) in [5, 5.41) is 23.3. The summed E-state index contributed by atoms with van der Waals surface area (Å²) < 4.78 is 0. The van der Waals surface area contributed by atoms with Crippen LogP contribution in [0, 0.1) is 11.3 Å². The number of rotatable bonds is 8. The van der Waals surface area contributed by atoms with Crippen LogP contribution in [-0.2, 0) is 6.54 Å². The van der Waals surface area contributed by atoms with Gasteiger partial charge in [0, 0.05) is 22.8 Å². The zero-order valence-corrected chi connectivity index (χ0v) is 12.7. The van der Waals surface area contributed by atoms with Crippen LogP contribution in [0.5, 0.6) is 0 Å². The second kappa shape index (κ2) is 8.38. The van der Waals surface area contributed by atoms with Gasteiger partial charge in [-0.2, -0.15) is 5.26 Å². The van der Waals surface area contributed by atoms with Gasteiger partial charge in [-0.05, 0) is 51.4 Å². The second-order valence-corrected chi connectivity index (χ2v) is 6.31. The fraction of sp³-hybridized carbons (Fsp3) is 0.667. The number of unbranched alkanes of at least 4 members (excludes halogenated alkanes) is 1. The van der Waals surface area contributed by atoms with Crippen molar-refractivity contribution in [2.45, 2.75) is 38.3 Å². The molecule has 0 aliphatic carbocycles. The second-order valence-electron chi connectivity index (χ2n) is 5.31. The Labute approximate surface area is 125 Å². The van der Waals surface area contributed by atoms with Gasteiger partial charge in [0.25, 0.3) is 0 Å². The third kappa shape index (κ3) is 4.57. The number of aliphatic hydroxyl groups is 1. The van der Waals surface area contributed by atoms with E-state index in [-0.39, 0.29) is 0 Å². The number of hydrogen-bond acceptors (Lipinski definition) is 5. The molecule has 1 saturated heterocycles. The number of aliphatic hydroxyl groups excluding tert-OH is 1. The van der Waals surface area contributed by atoms with Crippen LogP contribution in [0.4, 0.5) is 0 Å². The smallest absolute Gasteiger partial charge is 0.100 e. The number of nitriles is 1. The van der Waals surface area contributed by atoms with Crippen LogP contribution in [0.15, 0.2) is 11.4 Å². The minimum Gasteiger partial charge on any atom is -0.395 e. The van der Waals surface area contributed by atoms with Crippen molar-refractivity contribution in [2.24, 2.45) is 0 Å². The van der Waals surface area contributed by atoms with E-state index in [4.69, 9.17) is 5.26 Å². The average molecular weight is 293 g/mol. The zero-order valence-electron chi connectivity index (χ0n) is 11.8. The van der Waals surface area contributed by atoms with Gasteiger partial charge in [-0.15, -0.1) is 11.3 Å². The SMILES string of the molecule is N#Cc1csc(CNCCCCN2CCCC2CO)c1. The Morgan fingerprint density at radius 3 is 3.15 bits per heavy atom. The minimum atomic E-state index is 0.303. The van der Waals surface area contributed by atoms with Gasteiger partial charge in [0.15, 0.2) is 0 Å². The minimum absolute atomic E-state index is 0.303. The maximum atomic E-state index is 9.25. The number of likely N-dealkylation sites (tertiary alicyclic amines) is 1. The van der Waals surface area contributed by atoms with E-state index in [1.54, 1.807) is 11.3 Å². The summed E-state index contributed by atoms with van der Waals surface area (Å²) in [4.78, 5) is 3.64. The molecule has 110 valence electrons. The molecule has 1 aromatic rings. The van der Waals surface area contributed by atoms with Crippen LogP contribution in [0.3, 0.4) is 0 Å². The van der Waals surface area contributed by atoms with E-state index in [1.807, 2.05) is 11.4 Å². The molecule has 0 saturated carbocycles. The van der Waals surface area contributed by atoms with Crippen molar-refractivity contribution >= 4 is 11.3 Å². The average Bonchev–Trinajstić information content (AvgIpc) is 3.11. The molecule has 1 aromatic heterocycles. The van der Waals surface area contributed by atoms with Crippen molar-refractivity contribution in [3.05, 3.63) is 21.9 Å². The lowest BCUT2D eigenvalue weighted by Gasteiger charge is -2.22. The maximum absolute atomic E-state index is 9.25. The third-order valence-corrected chi connectivity index (χ3v) is 4.78. The van der Waals surface area contributed by atoms with Crippen molar-refractivity contribution < 1.29 is 5.11 Å². The van der Waals surface area contributed by atoms with Crippen LogP contribution in [0.1, 0.15) is 36.1 Å². The molecular weight excluding hydrogens is 270 g/mol. The van der Waals surface area contributed by atoms with Crippen molar-refractivity contribution in [3.8, 4) is 6.07 Å². The van der Waals surface area contributed by atoms with Gasteiger partial charge in [-0.25, -0.2) is 0 Å². The maximum Gasteiger partial charge on any atom is 0.100 e. The van der Waals surface area contributed by atoms with Crippen molar-refractivity contribution in [1.29, 1.82) is 5.26 Å². The third-order valence-electron chi connectivity index (χ3n) is 3.84. The molecule has 0 amide bonds. The molecule has 1 fully saturated rings. The first-order valence-corrected chi connectivity index (χ1v) is 8.24. The molecule has 0 radical (unpaired) electrons. The molecule has 20 heavy (non-hydrogen) atoms. The van der Waals surface area contributed by atoms with Crippen LogP contribution in [0.2, 0.25) is 0 Å². The summed E-state index contributed by atoms with van der Waals surface area (Å²) in [7, 11) is 0. The first-order chi connectivity index (χ1) is 9.83. The number of thiophene rings is 1. The quantitative estimate of drug-likeness (QED) is 0.719. The lowest BCUT2D eigenvalue weighted by atomic mass is 10.2. The van der Waals surface area contributed by atoms with E-state index < -0.39 is 0 Å². The van der Waals surface area contributed by atoms with E-state index in [9.17, 15) is 5.11 Å². The molecule has 1 aliphatic heterocycles. The summed E-state index contributed by atoms with van der Waals surface area (Å²) in [6, 6.07) is 4.51. The fourth-order valence-electron chi connectivity index (χ4n) is 2.70. The van der Waals surface area contributed by atoms with Crippen molar-refractivity contribution in [3.63, 3.8) is 0 Å². The normalized spacial score (nSPS) is 19.3. The molecule has 0 bridgehead atoms. The molecule has 5 heteroatoms. The highest BCUT2D eigenvalue weighted by atomic mass is 32.1. The molecule has 1 aliphatic rings. The molecule has 0 aromatic carbocycles. The summed E-state index contributed by atoms with van der Waals surface area (Å²) in [5.41, 5.74) is 0.760.